The zero-order chi connectivity index (χ0) is 17.1. The van der Waals surface area contributed by atoms with Crippen molar-refractivity contribution in [2.45, 2.75) is 38.4 Å². The number of carbonyl (C=O) groups is 1. The van der Waals surface area contributed by atoms with Gasteiger partial charge in [0.2, 0.25) is 5.91 Å². The van der Waals surface area contributed by atoms with Gasteiger partial charge in [-0.25, -0.2) is 0 Å². The van der Waals surface area contributed by atoms with Gasteiger partial charge in [-0.3, -0.25) is 14.4 Å². The molecule has 0 aliphatic carbocycles. The molecule has 0 N–H and O–H groups in total. The van der Waals surface area contributed by atoms with Crippen molar-refractivity contribution in [1.82, 2.24) is 19.6 Å². The summed E-state index contributed by atoms with van der Waals surface area (Å²) in [6.07, 6.45) is 6.62. The minimum absolute atomic E-state index is 0.284. The third kappa shape index (κ3) is 3.93. The minimum Gasteiger partial charge on any atom is -0.338 e. The normalized spacial score (nSPS) is 23.6. The van der Waals surface area contributed by atoms with Crippen LogP contribution in [0.1, 0.15) is 24.8 Å². The Morgan fingerprint density at radius 1 is 1.08 bits per heavy atom. The van der Waals surface area contributed by atoms with Crippen molar-refractivity contribution in [3.63, 3.8) is 0 Å². The Labute approximate surface area is 149 Å². The van der Waals surface area contributed by atoms with Crippen LogP contribution in [0.3, 0.4) is 0 Å². The highest BCUT2D eigenvalue weighted by atomic mass is 16.2. The fourth-order valence-electron chi connectivity index (χ4n) is 4.24. The maximum atomic E-state index is 12.8. The fraction of sp³-hybridized carbons (Fsp3) is 0.500. The zero-order valence-electron chi connectivity index (χ0n) is 14.6. The first kappa shape index (κ1) is 16.3. The summed E-state index contributed by atoms with van der Waals surface area (Å²) in [6, 6.07) is 12.9. The SMILES string of the molecule is O=C(CCn1cccn1)N1C[C@@H]2CC[C@H]1CN(Cc1ccccc1)C2. The molecule has 1 aromatic heterocycles. The first-order chi connectivity index (χ1) is 12.3. The van der Waals surface area contributed by atoms with Crippen LogP contribution in [0.2, 0.25) is 0 Å². The van der Waals surface area contributed by atoms with Crippen LogP contribution in [-0.4, -0.2) is 51.2 Å². The highest BCUT2D eigenvalue weighted by Gasteiger charge is 2.36. The van der Waals surface area contributed by atoms with Gasteiger partial charge in [0.15, 0.2) is 0 Å². The number of rotatable bonds is 5. The van der Waals surface area contributed by atoms with Gasteiger partial charge in [0.1, 0.15) is 0 Å². The van der Waals surface area contributed by atoms with Gasteiger partial charge in [-0.1, -0.05) is 30.3 Å². The second-order valence-electron chi connectivity index (χ2n) is 7.34. The van der Waals surface area contributed by atoms with Gasteiger partial charge in [-0.2, -0.15) is 5.10 Å². The molecule has 1 amide bonds. The Morgan fingerprint density at radius 2 is 1.96 bits per heavy atom. The molecule has 1 aromatic carbocycles. The molecule has 5 rings (SSSR count). The topological polar surface area (TPSA) is 41.4 Å². The molecule has 3 fully saturated rings. The summed E-state index contributed by atoms with van der Waals surface area (Å²) in [5, 5.41) is 4.20. The van der Waals surface area contributed by atoms with E-state index in [1.807, 2.05) is 16.9 Å². The quantitative estimate of drug-likeness (QED) is 0.841. The lowest BCUT2D eigenvalue weighted by molar-refractivity contribution is -0.135. The highest BCUT2D eigenvalue weighted by molar-refractivity contribution is 5.76. The number of fused-ring (bicyclic) bond motifs is 4. The van der Waals surface area contributed by atoms with Crippen molar-refractivity contribution >= 4 is 5.91 Å². The number of hydrogen-bond donors (Lipinski definition) is 0. The monoisotopic (exact) mass is 338 g/mol. The van der Waals surface area contributed by atoms with E-state index in [4.69, 9.17) is 0 Å². The zero-order valence-corrected chi connectivity index (χ0v) is 14.6. The molecule has 3 aliphatic heterocycles. The molecule has 5 nitrogen and oxygen atoms in total. The number of amides is 1. The van der Waals surface area contributed by atoms with Crippen molar-refractivity contribution in [2.75, 3.05) is 19.6 Å². The van der Waals surface area contributed by atoms with E-state index in [0.717, 1.165) is 32.6 Å². The van der Waals surface area contributed by atoms with Crippen LogP contribution in [0, 0.1) is 5.92 Å². The van der Waals surface area contributed by atoms with E-state index in [-0.39, 0.29) is 5.91 Å². The van der Waals surface area contributed by atoms with E-state index in [1.54, 1.807) is 6.20 Å². The lowest BCUT2D eigenvalue weighted by Crippen LogP contribution is -2.47. The fourth-order valence-corrected chi connectivity index (χ4v) is 4.24. The molecular formula is C20H26N4O. The van der Waals surface area contributed by atoms with Crippen LogP contribution < -0.4 is 0 Å². The van der Waals surface area contributed by atoms with Crippen molar-refractivity contribution < 1.29 is 4.79 Å². The standard InChI is InChI=1S/C20H26N4O/c25-20(9-12-23-11-4-10-21-23)24-15-18-7-8-19(24)16-22(14-18)13-17-5-2-1-3-6-17/h1-6,10-11,18-19H,7-9,12-16H2/t18-,19+/m1/s1. The molecule has 0 saturated carbocycles. The average molecular weight is 338 g/mol. The Balaban J connectivity index is 1.38. The summed E-state index contributed by atoms with van der Waals surface area (Å²) < 4.78 is 1.84. The number of nitrogens with zero attached hydrogens (tertiary/aromatic N) is 4. The number of piperidine rings is 1. The molecule has 3 aliphatic rings. The van der Waals surface area contributed by atoms with Crippen LogP contribution >= 0.6 is 0 Å². The highest BCUT2D eigenvalue weighted by Crippen LogP contribution is 2.29. The van der Waals surface area contributed by atoms with Crippen molar-refractivity contribution in [2.24, 2.45) is 5.92 Å². The number of hydrogen-bond acceptors (Lipinski definition) is 3. The molecule has 0 radical (unpaired) electrons. The first-order valence-electron chi connectivity index (χ1n) is 9.31. The van der Waals surface area contributed by atoms with Gasteiger partial charge in [-0.15, -0.1) is 0 Å². The molecule has 4 heterocycles. The smallest absolute Gasteiger partial charge is 0.224 e. The third-order valence-corrected chi connectivity index (χ3v) is 5.47. The molecule has 2 bridgehead atoms. The van der Waals surface area contributed by atoms with Gasteiger partial charge >= 0.3 is 0 Å². The van der Waals surface area contributed by atoms with E-state index >= 15 is 0 Å². The number of carbonyl (C=O) groups excluding carboxylic acids is 1. The van der Waals surface area contributed by atoms with Gasteiger partial charge in [0.05, 0.1) is 0 Å². The lowest BCUT2D eigenvalue weighted by atomic mass is 9.94. The maximum Gasteiger partial charge on any atom is 0.224 e. The number of aryl methyl sites for hydroxylation is 1. The average Bonchev–Trinajstić information content (AvgIpc) is 3.01. The molecule has 2 aromatic rings. The molecular weight excluding hydrogens is 312 g/mol. The second kappa shape index (κ2) is 7.40. The Hall–Kier alpha value is -2.14. The molecule has 132 valence electrons. The lowest BCUT2D eigenvalue weighted by Gasteiger charge is -2.36. The maximum absolute atomic E-state index is 12.8. The summed E-state index contributed by atoms with van der Waals surface area (Å²) in [6.45, 7) is 4.69. The number of benzene rings is 1. The summed E-state index contributed by atoms with van der Waals surface area (Å²) in [5.74, 6) is 0.892. The van der Waals surface area contributed by atoms with Gasteiger partial charge in [-0.05, 0) is 30.4 Å². The van der Waals surface area contributed by atoms with Gasteiger partial charge in [0, 0.05) is 57.6 Å². The van der Waals surface area contributed by atoms with Crippen LogP contribution in [-0.2, 0) is 17.9 Å². The molecule has 2 atom stereocenters. The molecule has 3 saturated heterocycles. The largest absolute Gasteiger partial charge is 0.338 e. The van der Waals surface area contributed by atoms with Crippen LogP contribution in [0.5, 0.6) is 0 Å². The third-order valence-electron chi connectivity index (χ3n) is 5.47. The van der Waals surface area contributed by atoms with E-state index in [1.165, 1.54) is 12.0 Å². The first-order valence-corrected chi connectivity index (χ1v) is 9.31. The van der Waals surface area contributed by atoms with Crippen LogP contribution in [0.25, 0.3) is 0 Å². The molecule has 0 unspecified atom stereocenters. The van der Waals surface area contributed by atoms with E-state index in [0.29, 0.717) is 24.9 Å². The van der Waals surface area contributed by atoms with Crippen LogP contribution in [0.15, 0.2) is 48.8 Å². The summed E-state index contributed by atoms with van der Waals surface area (Å²) >= 11 is 0. The summed E-state index contributed by atoms with van der Waals surface area (Å²) in [4.78, 5) is 17.5. The van der Waals surface area contributed by atoms with E-state index in [2.05, 4.69) is 45.2 Å². The molecule has 5 heteroatoms. The van der Waals surface area contributed by atoms with Gasteiger partial charge in [0.25, 0.3) is 0 Å². The van der Waals surface area contributed by atoms with Crippen molar-refractivity contribution in [3.8, 4) is 0 Å². The Bertz CT molecular complexity index is 685. The predicted octanol–water partition coefficient (Wildman–Crippen LogP) is 2.40. The molecule has 25 heavy (non-hydrogen) atoms. The summed E-state index contributed by atoms with van der Waals surface area (Å²) in [5.41, 5.74) is 1.36. The summed E-state index contributed by atoms with van der Waals surface area (Å²) in [7, 11) is 0. The predicted molar refractivity (Wildman–Crippen MR) is 96.8 cm³/mol. The minimum atomic E-state index is 0.284. The number of aromatic nitrogens is 2. The van der Waals surface area contributed by atoms with E-state index in [9.17, 15) is 4.79 Å². The van der Waals surface area contributed by atoms with Crippen molar-refractivity contribution in [1.29, 1.82) is 0 Å². The van der Waals surface area contributed by atoms with Crippen molar-refractivity contribution in [3.05, 3.63) is 54.4 Å². The Kier molecular flexibility index (Phi) is 4.83. The van der Waals surface area contributed by atoms with Gasteiger partial charge < -0.3 is 4.90 Å². The molecule has 0 spiro atoms. The second-order valence-corrected chi connectivity index (χ2v) is 7.34. The van der Waals surface area contributed by atoms with Crippen LogP contribution in [0.4, 0.5) is 0 Å². The van der Waals surface area contributed by atoms with E-state index < -0.39 is 0 Å². The Morgan fingerprint density at radius 3 is 2.76 bits per heavy atom.